The number of fused-ring (bicyclic) bond motifs is 3. The lowest BCUT2D eigenvalue weighted by Crippen LogP contribution is -2.10. The Hall–Kier alpha value is -3.09. The van der Waals surface area contributed by atoms with Gasteiger partial charge in [0.2, 0.25) is 0 Å². The number of carbonyl (C=O) groups excluding carboxylic acids is 2. The van der Waals surface area contributed by atoms with E-state index in [1.807, 2.05) is 0 Å². The molecular weight excluding hydrogens is 300 g/mol. The largest absolute Gasteiger partial charge is 0.462 e. The Morgan fingerprint density at radius 2 is 2.00 bits per heavy atom. The molecule has 0 radical (unpaired) electrons. The van der Waals surface area contributed by atoms with Crippen LogP contribution in [0.15, 0.2) is 24.3 Å². The van der Waals surface area contributed by atoms with Crippen molar-refractivity contribution < 1.29 is 19.2 Å². The number of pyridine rings is 1. The van der Waals surface area contributed by atoms with Gasteiger partial charge in [-0.05, 0) is 26.0 Å². The third kappa shape index (κ3) is 2.26. The van der Waals surface area contributed by atoms with Gasteiger partial charge in [0, 0.05) is 28.8 Å². The fourth-order valence-electron chi connectivity index (χ4n) is 2.58. The second kappa shape index (κ2) is 5.28. The van der Waals surface area contributed by atoms with Crippen LogP contribution in [0.25, 0.3) is 11.3 Å². The molecule has 0 saturated carbocycles. The van der Waals surface area contributed by atoms with E-state index in [9.17, 15) is 19.7 Å². The van der Waals surface area contributed by atoms with Gasteiger partial charge in [-0.15, -0.1) is 0 Å². The number of hydrogen-bond acceptors (Lipinski definition) is 6. The molecule has 1 heterocycles. The van der Waals surface area contributed by atoms with Crippen LogP contribution in [0.4, 0.5) is 5.69 Å². The molecule has 7 heteroatoms. The van der Waals surface area contributed by atoms with Crippen molar-refractivity contribution in [1.29, 1.82) is 0 Å². The summed E-state index contributed by atoms with van der Waals surface area (Å²) < 4.78 is 4.95. The summed E-state index contributed by atoms with van der Waals surface area (Å²) in [5.74, 6) is -0.924. The van der Waals surface area contributed by atoms with Crippen LogP contribution in [-0.2, 0) is 4.74 Å². The maximum Gasteiger partial charge on any atom is 0.339 e. The molecule has 0 saturated heterocycles. The summed E-state index contributed by atoms with van der Waals surface area (Å²) in [6.45, 7) is 3.56. The maximum absolute atomic E-state index is 12.5. The number of nitro benzene ring substituents is 1. The lowest BCUT2D eigenvalue weighted by atomic mass is 10.1. The normalized spacial score (nSPS) is 11.8. The highest BCUT2D eigenvalue weighted by Gasteiger charge is 2.31. The molecule has 1 aromatic carbocycles. The van der Waals surface area contributed by atoms with Gasteiger partial charge in [0.25, 0.3) is 5.69 Å². The monoisotopic (exact) mass is 312 g/mol. The molecule has 0 atom stereocenters. The predicted molar refractivity (Wildman–Crippen MR) is 80.5 cm³/mol. The predicted octanol–water partition coefficient (Wildman–Crippen LogP) is 2.69. The van der Waals surface area contributed by atoms with Gasteiger partial charge in [-0.3, -0.25) is 19.9 Å². The molecule has 1 aromatic heterocycles. The van der Waals surface area contributed by atoms with E-state index in [0.29, 0.717) is 17.0 Å². The first-order chi connectivity index (χ1) is 10.9. The molecule has 0 unspecified atom stereocenters. The number of aromatic nitrogens is 1. The highest BCUT2D eigenvalue weighted by Crippen LogP contribution is 2.37. The molecule has 116 valence electrons. The van der Waals surface area contributed by atoms with Crippen LogP contribution < -0.4 is 0 Å². The summed E-state index contributed by atoms with van der Waals surface area (Å²) in [5, 5.41) is 10.9. The Kier molecular flexibility index (Phi) is 3.40. The molecule has 0 fully saturated rings. The van der Waals surface area contributed by atoms with Gasteiger partial charge < -0.3 is 4.74 Å². The summed E-state index contributed by atoms with van der Waals surface area (Å²) in [7, 11) is 0. The number of carbonyl (C=O) groups is 2. The molecule has 3 rings (SSSR count). The van der Waals surface area contributed by atoms with Gasteiger partial charge in [-0.25, -0.2) is 4.79 Å². The van der Waals surface area contributed by atoms with Crippen molar-refractivity contribution >= 4 is 17.4 Å². The zero-order chi connectivity index (χ0) is 16.7. The van der Waals surface area contributed by atoms with Crippen molar-refractivity contribution in [3.63, 3.8) is 0 Å². The molecule has 0 bridgehead atoms. The van der Waals surface area contributed by atoms with Crippen LogP contribution in [0.5, 0.6) is 0 Å². The quantitative estimate of drug-likeness (QED) is 0.419. The van der Waals surface area contributed by atoms with Crippen LogP contribution in [0.2, 0.25) is 0 Å². The van der Waals surface area contributed by atoms with Gasteiger partial charge in [0.05, 0.1) is 28.5 Å². The standard InChI is InChI=1S/C16H12N2O5/c1-3-23-16(20)11-7-13-14(17-8(11)2)10-5-4-9(18(21)22)6-12(10)15(13)19/h4-7H,3H2,1-2H3. The minimum atomic E-state index is -0.556. The molecule has 0 N–H and O–H groups in total. The first-order valence-electron chi connectivity index (χ1n) is 6.96. The maximum atomic E-state index is 12.5. The summed E-state index contributed by atoms with van der Waals surface area (Å²) in [6, 6.07) is 5.52. The molecule has 2 aromatic rings. The van der Waals surface area contributed by atoms with Gasteiger partial charge in [0.1, 0.15) is 0 Å². The number of hydrogen-bond donors (Lipinski definition) is 0. The zero-order valence-corrected chi connectivity index (χ0v) is 12.5. The zero-order valence-electron chi connectivity index (χ0n) is 12.5. The highest BCUT2D eigenvalue weighted by molar-refractivity contribution is 6.21. The van der Waals surface area contributed by atoms with Crippen molar-refractivity contribution in [2.75, 3.05) is 6.61 Å². The van der Waals surface area contributed by atoms with Gasteiger partial charge in [-0.2, -0.15) is 0 Å². The van der Waals surface area contributed by atoms with Crippen molar-refractivity contribution in [3.05, 3.63) is 56.8 Å². The second-order valence-corrected chi connectivity index (χ2v) is 5.05. The van der Waals surface area contributed by atoms with Crippen molar-refractivity contribution in [2.45, 2.75) is 13.8 Å². The minimum absolute atomic E-state index is 0.160. The lowest BCUT2D eigenvalue weighted by Gasteiger charge is -2.07. The van der Waals surface area contributed by atoms with E-state index >= 15 is 0 Å². The molecule has 0 amide bonds. The number of nitro groups is 1. The summed E-state index contributed by atoms with van der Waals surface area (Å²) >= 11 is 0. The van der Waals surface area contributed by atoms with E-state index in [-0.39, 0.29) is 34.8 Å². The number of ketones is 1. The van der Waals surface area contributed by atoms with Crippen molar-refractivity contribution in [2.24, 2.45) is 0 Å². The van der Waals surface area contributed by atoms with Crippen LogP contribution >= 0.6 is 0 Å². The van der Waals surface area contributed by atoms with Gasteiger partial charge in [-0.1, -0.05) is 0 Å². The third-order valence-corrected chi connectivity index (χ3v) is 3.67. The Balaban J connectivity index is 2.15. The second-order valence-electron chi connectivity index (χ2n) is 5.05. The summed E-state index contributed by atoms with van der Waals surface area (Å²) in [6.07, 6.45) is 0. The fourth-order valence-corrected chi connectivity index (χ4v) is 2.58. The smallest absolute Gasteiger partial charge is 0.339 e. The number of esters is 1. The Bertz CT molecular complexity index is 873. The molecule has 23 heavy (non-hydrogen) atoms. The van der Waals surface area contributed by atoms with Crippen LogP contribution in [0.1, 0.15) is 38.9 Å². The molecular formula is C16H12N2O5. The van der Waals surface area contributed by atoms with E-state index in [1.165, 1.54) is 24.3 Å². The van der Waals surface area contributed by atoms with E-state index in [2.05, 4.69) is 4.98 Å². The topological polar surface area (TPSA) is 99.4 Å². The Morgan fingerprint density at radius 1 is 1.26 bits per heavy atom. The molecule has 1 aliphatic carbocycles. The van der Waals surface area contributed by atoms with Crippen LogP contribution in [0.3, 0.4) is 0 Å². The first-order valence-corrected chi connectivity index (χ1v) is 6.96. The van der Waals surface area contributed by atoms with Gasteiger partial charge in [0.15, 0.2) is 5.78 Å². The summed E-state index contributed by atoms with van der Waals surface area (Å²) in [4.78, 5) is 39.1. The van der Waals surface area contributed by atoms with E-state index < -0.39 is 10.9 Å². The van der Waals surface area contributed by atoms with Crippen molar-refractivity contribution in [3.8, 4) is 11.3 Å². The molecule has 1 aliphatic rings. The molecule has 7 nitrogen and oxygen atoms in total. The van der Waals surface area contributed by atoms with E-state index in [1.54, 1.807) is 13.8 Å². The average Bonchev–Trinajstić information content (AvgIpc) is 2.78. The van der Waals surface area contributed by atoms with Crippen molar-refractivity contribution in [1.82, 2.24) is 4.98 Å². The lowest BCUT2D eigenvalue weighted by molar-refractivity contribution is -0.384. The number of rotatable bonds is 3. The fraction of sp³-hybridized carbons (Fsp3) is 0.188. The first kappa shape index (κ1) is 14.8. The van der Waals surface area contributed by atoms with E-state index in [4.69, 9.17) is 4.74 Å². The van der Waals surface area contributed by atoms with Crippen LogP contribution in [0, 0.1) is 17.0 Å². The number of nitrogens with zero attached hydrogens (tertiary/aromatic N) is 2. The molecule has 0 aliphatic heterocycles. The number of ether oxygens (including phenoxy) is 1. The number of non-ortho nitro benzene ring substituents is 1. The molecule has 0 spiro atoms. The SMILES string of the molecule is CCOC(=O)c1cc2c(nc1C)-c1ccc([N+](=O)[O-])cc1C2=O. The Morgan fingerprint density at radius 3 is 2.65 bits per heavy atom. The third-order valence-electron chi connectivity index (χ3n) is 3.67. The Labute approximate surface area is 131 Å². The number of aryl methyl sites for hydroxylation is 1. The highest BCUT2D eigenvalue weighted by atomic mass is 16.6. The van der Waals surface area contributed by atoms with E-state index in [0.717, 1.165) is 0 Å². The summed E-state index contributed by atoms with van der Waals surface area (Å²) in [5.41, 5.74) is 1.96. The number of benzene rings is 1. The van der Waals surface area contributed by atoms with Gasteiger partial charge >= 0.3 is 5.97 Å². The minimum Gasteiger partial charge on any atom is -0.462 e. The van der Waals surface area contributed by atoms with Crippen LogP contribution in [-0.4, -0.2) is 28.3 Å². The average molecular weight is 312 g/mol.